The summed E-state index contributed by atoms with van der Waals surface area (Å²) >= 11 is 0. The van der Waals surface area contributed by atoms with Crippen LogP contribution >= 0.6 is 0 Å². The second-order valence-electron chi connectivity index (χ2n) is 6.94. The molecule has 0 bridgehead atoms. The monoisotopic (exact) mass is 423 g/mol. The zero-order chi connectivity index (χ0) is 21.6. The fourth-order valence-electron chi connectivity index (χ4n) is 2.71. The van der Waals surface area contributed by atoms with Crippen LogP contribution in [0.15, 0.2) is 52.0 Å². The molecule has 0 unspecified atom stereocenters. The standard InChI is InChI=1S/C19H26N4O5S/c1-13(19(25)20-12-17(23(3)4)18-6-5-11-28-18)22-29(26,27)16-9-7-15(8-10-16)21-14(2)24/h5-11,13,17,22H,12H2,1-4H3,(H,20,25)(H,21,24)/p+1/t13-,17-/m0/s1. The summed E-state index contributed by atoms with van der Waals surface area (Å²) in [5, 5.41) is 5.33. The van der Waals surface area contributed by atoms with Crippen molar-refractivity contribution >= 4 is 27.5 Å². The van der Waals surface area contributed by atoms with Crippen molar-refractivity contribution < 1.29 is 27.3 Å². The van der Waals surface area contributed by atoms with Crippen molar-refractivity contribution in [3.63, 3.8) is 0 Å². The Morgan fingerprint density at radius 3 is 2.31 bits per heavy atom. The summed E-state index contributed by atoms with van der Waals surface area (Å²) in [4.78, 5) is 24.5. The van der Waals surface area contributed by atoms with E-state index in [-0.39, 0.29) is 16.8 Å². The van der Waals surface area contributed by atoms with Crippen LogP contribution in [0.3, 0.4) is 0 Å². The lowest BCUT2D eigenvalue weighted by Gasteiger charge is -2.21. The van der Waals surface area contributed by atoms with Crippen molar-refractivity contribution in [1.82, 2.24) is 10.0 Å². The van der Waals surface area contributed by atoms with Crippen LogP contribution in [0, 0.1) is 0 Å². The molecule has 1 aromatic carbocycles. The van der Waals surface area contributed by atoms with Gasteiger partial charge >= 0.3 is 0 Å². The smallest absolute Gasteiger partial charge is 0.241 e. The molecule has 29 heavy (non-hydrogen) atoms. The summed E-state index contributed by atoms with van der Waals surface area (Å²) in [6, 6.07) is 8.23. The number of anilines is 1. The number of rotatable bonds is 9. The molecule has 0 spiro atoms. The van der Waals surface area contributed by atoms with Gasteiger partial charge in [-0.3, -0.25) is 9.59 Å². The second kappa shape index (κ2) is 9.68. The molecule has 10 heteroatoms. The summed E-state index contributed by atoms with van der Waals surface area (Å²) in [6.07, 6.45) is 1.57. The van der Waals surface area contributed by atoms with Gasteiger partial charge in [-0.2, -0.15) is 4.72 Å². The third kappa shape index (κ3) is 6.41. The first-order valence-corrected chi connectivity index (χ1v) is 10.6. The number of sulfonamides is 1. The van der Waals surface area contributed by atoms with Crippen LogP contribution in [-0.2, 0) is 19.6 Å². The van der Waals surface area contributed by atoms with Crippen LogP contribution in [0.25, 0.3) is 0 Å². The number of hydrogen-bond acceptors (Lipinski definition) is 5. The molecule has 0 saturated heterocycles. The molecule has 4 N–H and O–H groups in total. The van der Waals surface area contributed by atoms with Gasteiger partial charge in [0.15, 0.2) is 11.8 Å². The zero-order valence-corrected chi connectivity index (χ0v) is 17.7. The SMILES string of the molecule is CC(=O)Nc1ccc(S(=O)(=O)N[C@@H](C)C(=O)NC[C@@H](c2ccco2)[NH+](C)C)cc1. The number of carbonyl (C=O) groups excluding carboxylic acids is 2. The minimum atomic E-state index is -3.90. The number of hydrogen-bond donors (Lipinski definition) is 4. The number of nitrogens with one attached hydrogen (secondary N) is 4. The van der Waals surface area contributed by atoms with Crippen molar-refractivity contribution in [2.75, 3.05) is 26.0 Å². The number of likely N-dealkylation sites (N-methyl/N-ethyl adjacent to an activating group) is 1. The predicted octanol–water partition coefficient (Wildman–Crippen LogP) is -0.0932. The Balaban J connectivity index is 1.97. The highest BCUT2D eigenvalue weighted by Crippen LogP contribution is 2.14. The molecule has 2 aromatic rings. The molecule has 158 valence electrons. The lowest BCUT2D eigenvalue weighted by molar-refractivity contribution is -0.891. The molecule has 2 rings (SSSR count). The Morgan fingerprint density at radius 1 is 1.14 bits per heavy atom. The summed E-state index contributed by atoms with van der Waals surface area (Å²) < 4.78 is 32.8. The van der Waals surface area contributed by atoms with E-state index < -0.39 is 22.0 Å². The largest absolute Gasteiger partial charge is 0.463 e. The Morgan fingerprint density at radius 2 is 1.79 bits per heavy atom. The van der Waals surface area contributed by atoms with Gasteiger partial charge in [-0.05, 0) is 43.3 Å². The molecule has 0 aliphatic rings. The quantitative estimate of drug-likeness (QED) is 0.449. The highest BCUT2D eigenvalue weighted by Gasteiger charge is 2.25. The molecular formula is C19H27N4O5S+. The van der Waals surface area contributed by atoms with Gasteiger partial charge in [0, 0.05) is 12.6 Å². The fraction of sp³-hybridized carbons (Fsp3) is 0.368. The van der Waals surface area contributed by atoms with Gasteiger partial charge in [-0.1, -0.05) is 0 Å². The van der Waals surface area contributed by atoms with Crippen molar-refractivity contribution in [2.45, 2.75) is 30.8 Å². The van der Waals surface area contributed by atoms with E-state index in [1.807, 2.05) is 20.2 Å². The van der Waals surface area contributed by atoms with E-state index >= 15 is 0 Å². The maximum atomic E-state index is 12.5. The molecule has 1 heterocycles. The molecule has 0 aliphatic heterocycles. The lowest BCUT2D eigenvalue weighted by Crippen LogP contribution is -3.07. The highest BCUT2D eigenvalue weighted by molar-refractivity contribution is 7.89. The maximum absolute atomic E-state index is 12.5. The normalized spacial score (nSPS) is 13.7. The van der Waals surface area contributed by atoms with Gasteiger partial charge in [0.1, 0.15) is 0 Å². The Bertz CT molecular complexity index is 924. The molecule has 0 fully saturated rings. The molecule has 0 saturated carbocycles. The Labute approximate surface area is 170 Å². The first kappa shape index (κ1) is 22.6. The molecule has 2 atom stereocenters. The highest BCUT2D eigenvalue weighted by atomic mass is 32.2. The van der Waals surface area contributed by atoms with Gasteiger partial charge in [0.2, 0.25) is 21.8 Å². The van der Waals surface area contributed by atoms with Crippen LogP contribution in [0.2, 0.25) is 0 Å². The first-order chi connectivity index (χ1) is 13.6. The number of furan rings is 1. The fourth-order valence-corrected chi connectivity index (χ4v) is 3.91. The van der Waals surface area contributed by atoms with Gasteiger partial charge in [0.25, 0.3) is 0 Å². The average molecular weight is 424 g/mol. The van der Waals surface area contributed by atoms with Crippen molar-refractivity contribution in [1.29, 1.82) is 0 Å². The average Bonchev–Trinajstić information content (AvgIpc) is 3.15. The number of carbonyl (C=O) groups is 2. The first-order valence-electron chi connectivity index (χ1n) is 9.11. The second-order valence-corrected chi connectivity index (χ2v) is 8.65. The number of quaternary nitrogens is 1. The summed E-state index contributed by atoms with van der Waals surface area (Å²) in [6.45, 7) is 3.13. The van der Waals surface area contributed by atoms with Gasteiger partial charge < -0.3 is 20.0 Å². The van der Waals surface area contributed by atoms with E-state index in [4.69, 9.17) is 4.42 Å². The molecule has 2 amide bonds. The van der Waals surface area contributed by atoms with E-state index in [2.05, 4.69) is 15.4 Å². The molecular weight excluding hydrogens is 396 g/mol. The number of benzene rings is 1. The third-order valence-corrected chi connectivity index (χ3v) is 5.83. The molecule has 9 nitrogen and oxygen atoms in total. The summed E-state index contributed by atoms with van der Waals surface area (Å²) in [5.74, 6) is 0.0375. The van der Waals surface area contributed by atoms with E-state index in [0.29, 0.717) is 12.2 Å². The van der Waals surface area contributed by atoms with Gasteiger partial charge in [-0.25, -0.2) is 8.42 Å². The van der Waals surface area contributed by atoms with Crippen LogP contribution < -0.4 is 20.3 Å². The van der Waals surface area contributed by atoms with E-state index in [1.54, 1.807) is 12.3 Å². The predicted molar refractivity (Wildman–Crippen MR) is 108 cm³/mol. The molecule has 0 aliphatic carbocycles. The van der Waals surface area contributed by atoms with Crippen LogP contribution in [0.4, 0.5) is 5.69 Å². The van der Waals surface area contributed by atoms with Crippen LogP contribution in [-0.4, -0.2) is 46.9 Å². The molecule has 1 aromatic heterocycles. The number of amides is 2. The summed E-state index contributed by atoms with van der Waals surface area (Å²) in [7, 11) is -0.0140. The van der Waals surface area contributed by atoms with Crippen molar-refractivity contribution in [2.24, 2.45) is 0 Å². The minimum Gasteiger partial charge on any atom is -0.463 e. The topological polar surface area (TPSA) is 122 Å². The van der Waals surface area contributed by atoms with Crippen molar-refractivity contribution in [3.05, 3.63) is 48.4 Å². The van der Waals surface area contributed by atoms with Crippen LogP contribution in [0.5, 0.6) is 0 Å². The summed E-state index contributed by atoms with van der Waals surface area (Å²) in [5.41, 5.74) is 0.484. The van der Waals surface area contributed by atoms with E-state index in [1.165, 1.54) is 38.1 Å². The Kier molecular flexibility index (Phi) is 7.54. The van der Waals surface area contributed by atoms with Gasteiger partial charge in [-0.15, -0.1) is 0 Å². The Hall–Kier alpha value is -2.69. The third-order valence-electron chi connectivity index (χ3n) is 4.27. The maximum Gasteiger partial charge on any atom is 0.241 e. The van der Waals surface area contributed by atoms with Crippen LogP contribution in [0.1, 0.15) is 25.6 Å². The molecule has 0 radical (unpaired) electrons. The van der Waals surface area contributed by atoms with E-state index in [9.17, 15) is 18.0 Å². The lowest BCUT2D eigenvalue weighted by atomic mass is 10.2. The van der Waals surface area contributed by atoms with Crippen molar-refractivity contribution in [3.8, 4) is 0 Å². The minimum absolute atomic E-state index is 0.00236. The van der Waals surface area contributed by atoms with E-state index in [0.717, 1.165) is 10.7 Å². The van der Waals surface area contributed by atoms with Gasteiger partial charge in [0.05, 0.1) is 37.8 Å². The zero-order valence-electron chi connectivity index (χ0n) is 16.9.